The molecule has 1 amide bonds. The molecule has 0 unspecified atom stereocenters. The number of piperidine rings is 1. The molecular weight excluding hydrogens is 390 g/mol. The highest BCUT2D eigenvalue weighted by atomic mass is 16.3. The average molecular weight is 420 g/mol. The van der Waals surface area contributed by atoms with Crippen LogP contribution in [0, 0.1) is 12.8 Å². The number of anilines is 1. The van der Waals surface area contributed by atoms with Crippen LogP contribution in [0.1, 0.15) is 60.3 Å². The standard InChI is InChI=1S/C24H29N5O2/c1-16-10-12-27(14-16)23-17(2)15-29-22(25-23)13-19(26-29)20-8-5-6-11-28(20)24(31)18-7-3-4-9-21(18)30/h3-4,7,9,13,15-16,20,30H,5-6,8,10-12,14H2,1-2H3/t16-,20-/m0/s1. The largest absolute Gasteiger partial charge is 0.507 e. The van der Waals surface area contributed by atoms with Crippen molar-refractivity contribution in [3.63, 3.8) is 0 Å². The number of fused-ring (bicyclic) bond motifs is 1. The summed E-state index contributed by atoms with van der Waals surface area (Å²) < 4.78 is 1.84. The molecule has 0 radical (unpaired) electrons. The molecule has 2 aliphatic heterocycles. The lowest BCUT2D eigenvalue weighted by molar-refractivity contribution is 0.0602. The molecule has 1 aromatic carbocycles. The number of amides is 1. The summed E-state index contributed by atoms with van der Waals surface area (Å²) in [5.74, 6) is 1.60. The lowest BCUT2D eigenvalue weighted by Crippen LogP contribution is -2.38. The molecule has 3 aromatic rings. The van der Waals surface area contributed by atoms with Crippen molar-refractivity contribution < 1.29 is 9.90 Å². The molecule has 2 aliphatic rings. The molecule has 0 bridgehead atoms. The summed E-state index contributed by atoms with van der Waals surface area (Å²) in [6.07, 6.45) is 6.10. The molecule has 162 valence electrons. The number of likely N-dealkylation sites (tertiary alicyclic amines) is 1. The molecule has 2 fully saturated rings. The summed E-state index contributed by atoms with van der Waals surface area (Å²) in [6.45, 7) is 7.11. The van der Waals surface area contributed by atoms with E-state index in [2.05, 4.69) is 18.7 Å². The Balaban J connectivity index is 1.48. The van der Waals surface area contributed by atoms with Crippen LogP contribution in [-0.4, -0.2) is 50.1 Å². The Morgan fingerprint density at radius 1 is 1.16 bits per heavy atom. The molecule has 7 nitrogen and oxygen atoms in total. The van der Waals surface area contributed by atoms with Crippen molar-refractivity contribution >= 4 is 17.4 Å². The van der Waals surface area contributed by atoms with Crippen LogP contribution in [-0.2, 0) is 0 Å². The summed E-state index contributed by atoms with van der Waals surface area (Å²) in [7, 11) is 0. The summed E-state index contributed by atoms with van der Waals surface area (Å²) in [5, 5.41) is 15.0. The van der Waals surface area contributed by atoms with E-state index < -0.39 is 0 Å². The predicted molar refractivity (Wildman–Crippen MR) is 119 cm³/mol. The van der Waals surface area contributed by atoms with E-state index in [0.29, 0.717) is 18.0 Å². The Bertz CT molecular complexity index is 1120. The van der Waals surface area contributed by atoms with E-state index in [1.54, 1.807) is 24.3 Å². The van der Waals surface area contributed by atoms with Crippen molar-refractivity contribution in [2.24, 2.45) is 5.92 Å². The third kappa shape index (κ3) is 3.62. The second-order valence-corrected chi connectivity index (χ2v) is 8.99. The number of para-hydroxylation sites is 1. The highest BCUT2D eigenvalue weighted by molar-refractivity contribution is 5.97. The van der Waals surface area contributed by atoms with Gasteiger partial charge in [-0.3, -0.25) is 4.79 Å². The lowest BCUT2D eigenvalue weighted by Gasteiger charge is -2.34. The number of hydrogen-bond donors (Lipinski definition) is 1. The van der Waals surface area contributed by atoms with Crippen LogP contribution in [0.2, 0.25) is 0 Å². The number of aryl methyl sites for hydroxylation is 1. The van der Waals surface area contributed by atoms with Crippen LogP contribution in [0.15, 0.2) is 36.5 Å². The first-order valence-corrected chi connectivity index (χ1v) is 11.2. The van der Waals surface area contributed by atoms with E-state index in [1.165, 1.54) is 6.42 Å². The second-order valence-electron chi connectivity index (χ2n) is 8.99. The molecule has 0 saturated carbocycles. The van der Waals surface area contributed by atoms with Crippen LogP contribution in [0.4, 0.5) is 5.82 Å². The zero-order valence-electron chi connectivity index (χ0n) is 18.2. The molecule has 0 spiro atoms. The van der Waals surface area contributed by atoms with Crippen LogP contribution in [0.5, 0.6) is 5.75 Å². The van der Waals surface area contributed by atoms with Crippen molar-refractivity contribution in [3.05, 3.63) is 53.3 Å². The van der Waals surface area contributed by atoms with Crippen molar-refractivity contribution in [3.8, 4) is 5.75 Å². The fraction of sp³-hybridized carbons (Fsp3) is 0.458. The molecule has 2 aromatic heterocycles. The first kappa shape index (κ1) is 19.8. The minimum atomic E-state index is -0.143. The maximum absolute atomic E-state index is 13.2. The number of carbonyl (C=O) groups is 1. The highest BCUT2D eigenvalue weighted by Crippen LogP contribution is 2.34. The van der Waals surface area contributed by atoms with Gasteiger partial charge in [0.1, 0.15) is 11.6 Å². The average Bonchev–Trinajstić information content (AvgIpc) is 3.38. The summed E-state index contributed by atoms with van der Waals surface area (Å²) in [5.41, 5.74) is 3.14. The van der Waals surface area contributed by atoms with E-state index >= 15 is 0 Å². The Morgan fingerprint density at radius 2 is 2.00 bits per heavy atom. The summed E-state index contributed by atoms with van der Waals surface area (Å²) in [6, 6.07) is 8.66. The van der Waals surface area contributed by atoms with Crippen LogP contribution >= 0.6 is 0 Å². The van der Waals surface area contributed by atoms with Crippen LogP contribution in [0.25, 0.3) is 5.65 Å². The number of aromatic hydroxyl groups is 1. The minimum Gasteiger partial charge on any atom is -0.507 e. The maximum atomic E-state index is 13.2. The van der Waals surface area contributed by atoms with Gasteiger partial charge in [-0.25, -0.2) is 9.50 Å². The number of nitrogens with zero attached hydrogens (tertiary/aromatic N) is 5. The van der Waals surface area contributed by atoms with Gasteiger partial charge in [0.2, 0.25) is 0 Å². The van der Waals surface area contributed by atoms with Gasteiger partial charge >= 0.3 is 0 Å². The topological polar surface area (TPSA) is 74.0 Å². The zero-order valence-corrected chi connectivity index (χ0v) is 18.2. The van der Waals surface area contributed by atoms with Gasteiger partial charge in [-0.15, -0.1) is 0 Å². The van der Waals surface area contributed by atoms with Crippen molar-refractivity contribution in [1.29, 1.82) is 0 Å². The molecular formula is C24H29N5O2. The van der Waals surface area contributed by atoms with Gasteiger partial charge in [-0.05, 0) is 50.7 Å². The third-order valence-corrected chi connectivity index (χ3v) is 6.59. The summed E-state index contributed by atoms with van der Waals surface area (Å²) >= 11 is 0. The van der Waals surface area contributed by atoms with Gasteiger partial charge in [-0.2, -0.15) is 5.10 Å². The monoisotopic (exact) mass is 419 g/mol. The molecule has 2 saturated heterocycles. The van der Waals surface area contributed by atoms with E-state index in [9.17, 15) is 9.90 Å². The van der Waals surface area contributed by atoms with Crippen molar-refractivity contribution in [2.75, 3.05) is 24.5 Å². The predicted octanol–water partition coefficient (Wildman–Crippen LogP) is 3.96. The van der Waals surface area contributed by atoms with Gasteiger partial charge in [0, 0.05) is 37.5 Å². The SMILES string of the molecule is Cc1cn2nc([C@@H]3CCCCN3C(=O)c3ccccc3O)cc2nc1N1CC[C@H](C)C1. The molecule has 0 aliphatic carbocycles. The minimum absolute atomic E-state index is 0.0219. The Kier molecular flexibility index (Phi) is 5.04. The quantitative estimate of drug-likeness (QED) is 0.696. The maximum Gasteiger partial charge on any atom is 0.258 e. The Hall–Kier alpha value is -3.09. The van der Waals surface area contributed by atoms with Gasteiger partial charge < -0.3 is 14.9 Å². The number of aromatic nitrogens is 3. The fourth-order valence-corrected chi connectivity index (χ4v) is 4.92. The van der Waals surface area contributed by atoms with Gasteiger partial charge in [0.15, 0.2) is 5.65 Å². The first-order chi connectivity index (χ1) is 15.0. The molecule has 1 N–H and O–H groups in total. The molecule has 7 heteroatoms. The number of hydrogen-bond acceptors (Lipinski definition) is 5. The van der Waals surface area contributed by atoms with Crippen LogP contribution < -0.4 is 4.90 Å². The van der Waals surface area contributed by atoms with Crippen molar-refractivity contribution in [1.82, 2.24) is 19.5 Å². The van der Waals surface area contributed by atoms with Crippen LogP contribution in [0.3, 0.4) is 0 Å². The number of carbonyl (C=O) groups excluding carboxylic acids is 1. The lowest BCUT2D eigenvalue weighted by atomic mass is 9.98. The number of rotatable bonds is 3. The Labute approximate surface area is 182 Å². The molecule has 2 atom stereocenters. The summed E-state index contributed by atoms with van der Waals surface area (Å²) in [4.78, 5) is 22.4. The zero-order chi connectivity index (χ0) is 21.5. The van der Waals surface area contributed by atoms with Crippen molar-refractivity contribution in [2.45, 2.75) is 45.6 Å². The molecule has 5 rings (SSSR count). The third-order valence-electron chi connectivity index (χ3n) is 6.59. The molecule has 4 heterocycles. The van der Waals surface area contributed by atoms with E-state index in [-0.39, 0.29) is 17.7 Å². The van der Waals surface area contributed by atoms with Gasteiger partial charge in [-0.1, -0.05) is 19.1 Å². The number of phenolic OH excluding ortho intramolecular Hbond substituents is 1. The van der Waals surface area contributed by atoms with E-state index in [4.69, 9.17) is 10.1 Å². The van der Waals surface area contributed by atoms with E-state index in [1.807, 2.05) is 21.7 Å². The number of phenols is 1. The second kappa shape index (κ2) is 7.87. The highest BCUT2D eigenvalue weighted by Gasteiger charge is 2.32. The smallest absolute Gasteiger partial charge is 0.258 e. The number of benzene rings is 1. The van der Waals surface area contributed by atoms with E-state index in [0.717, 1.165) is 55.1 Å². The van der Waals surface area contributed by atoms with Gasteiger partial charge in [0.25, 0.3) is 5.91 Å². The first-order valence-electron chi connectivity index (χ1n) is 11.2. The Morgan fingerprint density at radius 3 is 2.77 bits per heavy atom. The molecule has 31 heavy (non-hydrogen) atoms. The fourth-order valence-electron chi connectivity index (χ4n) is 4.92. The van der Waals surface area contributed by atoms with Gasteiger partial charge in [0.05, 0.1) is 17.3 Å². The normalized spacial score (nSPS) is 21.7.